The fourth-order valence-corrected chi connectivity index (χ4v) is 3.54. The molecule has 132 valence electrons. The maximum atomic E-state index is 12.0. The van der Waals surface area contributed by atoms with E-state index in [0.717, 1.165) is 0 Å². The number of nitrogens with zero attached hydrogens (tertiary/aromatic N) is 1. The molecule has 0 radical (unpaired) electrons. The van der Waals surface area contributed by atoms with Crippen LogP contribution < -0.4 is 5.32 Å². The molecule has 1 heterocycles. The van der Waals surface area contributed by atoms with Gasteiger partial charge in [0.15, 0.2) is 6.10 Å². The SMILES string of the molecule is C=CCNC(=O)[C@H](C)OC(=O)Cc1csc(-c2c(Cl)cccc2Cl)n1. The van der Waals surface area contributed by atoms with Crippen molar-refractivity contribution in [2.45, 2.75) is 19.4 Å². The highest BCUT2D eigenvalue weighted by Gasteiger charge is 2.19. The lowest BCUT2D eigenvalue weighted by molar-refractivity contribution is -0.154. The minimum absolute atomic E-state index is 0.0440. The van der Waals surface area contributed by atoms with Gasteiger partial charge in [0.2, 0.25) is 0 Å². The van der Waals surface area contributed by atoms with Gasteiger partial charge in [-0.15, -0.1) is 17.9 Å². The van der Waals surface area contributed by atoms with Crippen molar-refractivity contribution in [3.8, 4) is 10.6 Å². The number of ether oxygens (including phenoxy) is 1. The van der Waals surface area contributed by atoms with Crippen LogP contribution >= 0.6 is 34.5 Å². The Morgan fingerprint density at radius 1 is 1.40 bits per heavy atom. The maximum Gasteiger partial charge on any atom is 0.312 e. The second-order valence-electron chi connectivity index (χ2n) is 5.08. The third-order valence-corrected chi connectivity index (χ3v) is 4.69. The van der Waals surface area contributed by atoms with Crippen LogP contribution in [0.25, 0.3) is 10.6 Å². The van der Waals surface area contributed by atoms with E-state index in [2.05, 4.69) is 16.9 Å². The molecule has 0 fully saturated rings. The molecular weight excluding hydrogens is 383 g/mol. The molecule has 0 bridgehead atoms. The van der Waals surface area contributed by atoms with Gasteiger partial charge in [0, 0.05) is 17.5 Å². The molecule has 0 spiro atoms. The highest BCUT2D eigenvalue weighted by atomic mass is 35.5. The van der Waals surface area contributed by atoms with E-state index in [-0.39, 0.29) is 12.3 Å². The van der Waals surface area contributed by atoms with E-state index in [0.29, 0.717) is 32.9 Å². The van der Waals surface area contributed by atoms with Gasteiger partial charge in [-0.05, 0) is 19.1 Å². The minimum Gasteiger partial charge on any atom is -0.452 e. The summed E-state index contributed by atoms with van der Waals surface area (Å²) in [6.45, 7) is 5.32. The first kappa shape index (κ1) is 19.4. The Bertz CT molecular complexity index is 772. The molecule has 2 rings (SSSR count). The van der Waals surface area contributed by atoms with Crippen molar-refractivity contribution in [3.63, 3.8) is 0 Å². The van der Waals surface area contributed by atoms with Crippen molar-refractivity contribution in [1.29, 1.82) is 0 Å². The number of hydrogen-bond acceptors (Lipinski definition) is 5. The van der Waals surface area contributed by atoms with Crippen molar-refractivity contribution in [3.05, 3.63) is 52.0 Å². The molecule has 25 heavy (non-hydrogen) atoms. The average molecular weight is 399 g/mol. The van der Waals surface area contributed by atoms with Crippen LogP contribution in [0.2, 0.25) is 10.0 Å². The summed E-state index contributed by atoms with van der Waals surface area (Å²) in [4.78, 5) is 28.0. The Hall–Kier alpha value is -1.89. The van der Waals surface area contributed by atoms with Crippen molar-refractivity contribution in [2.24, 2.45) is 0 Å². The van der Waals surface area contributed by atoms with Crippen molar-refractivity contribution in [2.75, 3.05) is 6.54 Å². The molecule has 0 aliphatic rings. The Balaban J connectivity index is 2.00. The molecule has 1 amide bonds. The fourth-order valence-electron chi connectivity index (χ4n) is 1.96. The second-order valence-corrected chi connectivity index (χ2v) is 6.76. The van der Waals surface area contributed by atoms with Gasteiger partial charge in [-0.2, -0.15) is 0 Å². The Kier molecular flexibility index (Phi) is 6.99. The smallest absolute Gasteiger partial charge is 0.312 e. The quantitative estimate of drug-likeness (QED) is 0.567. The van der Waals surface area contributed by atoms with E-state index >= 15 is 0 Å². The third kappa shape index (κ3) is 5.29. The summed E-state index contributed by atoms with van der Waals surface area (Å²) in [5.41, 5.74) is 1.16. The van der Waals surface area contributed by atoms with Crippen molar-refractivity contribution in [1.82, 2.24) is 10.3 Å². The maximum absolute atomic E-state index is 12.0. The highest BCUT2D eigenvalue weighted by molar-refractivity contribution is 7.13. The zero-order valence-corrected chi connectivity index (χ0v) is 15.7. The van der Waals surface area contributed by atoms with Gasteiger partial charge >= 0.3 is 5.97 Å². The number of esters is 1. The number of halogens is 2. The number of thiazole rings is 1. The number of carbonyl (C=O) groups is 2. The monoisotopic (exact) mass is 398 g/mol. The topological polar surface area (TPSA) is 68.3 Å². The molecular formula is C17H16Cl2N2O3S. The van der Waals surface area contributed by atoms with Gasteiger partial charge < -0.3 is 10.1 Å². The van der Waals surface area contributed by atoms with Crippen LogP contribution in [-0.4, -0.2) is 29.5 Å². The fraction of sp³-hybridized carbons (Fsp3) is 0.235. The summed E-state index contributed by atoms with van der Waals surface area (Å²) < 4.78 is 5.10. The summed E-state index contributed by atoms with van der Waals surface area (Å²) in [6.07, 6.45) is 0.615. The van der Waals surface area contributed by atoms with E-state index < -0.39 is 12.1 Å². The molecule has 0 unspecified atom stereocenters. The molecule has 1 aromatic heterocycles. The zero-order valence-electron chi connectivity index (χ0n) is 13.4. The van der Waals surface area contributed by atoms with E-state index in [1.807, 2.05) is 0 Å². The van der Waals surface area contributed by atoms with Crippen LogP contribution in [0.4, 0.5) is 0 Å². The predicted octanol–water partition coefficient (Wildman–Crippen LogP) is 3.89. The van der Waals surface area contributed by atoms with E-state index in [1.54, 1.807) is 29.7 Å². The van der Waals surface area contributed by atoms with E-state index in [4.69, 9.17) is 27.9 Å². The first-order chi connectivity index (χ1) is 11.9. The Morgan fingerprint density at radius 3 is 2.72 bits per heavy atom. The van der Waals surface area contributed by atoms with Crippen LogP contribution in [0, 0.1) is 0 Å². The first-order valence-electron chi connectivity index (χ1n) is 7.39. The lowest BCUT2D eigenvalue weighted by Crippen LogP contribution is -2.36. The Morgan fingerprint density at radius 2 is 2.08 bits per heavy atom. The summed E-state index contributed by atoms with van der Waals surface area (Å²) >= 11 is 13.7. The molecule has 0 aliphatic heterocycles. The largest absolute Gasteiger partial charge is 0.452 e. The van der Waals surface area contributed by atoms with Gasteiger partial charge in [0.1, 0.15) is 5.01 Å². The number of benzene rings is 1. The van der Waals surface area contributed by atoms with Gasteiger partial charge in [0.05, 0.1) is 22.2 Å². The molecule has 8 heteroatoms. The second kappa shape index (κ2) is 8.99. The number of carbonyl (C=O) groups excluding carboxylic acids is 2. The first-order valence-corrected chi connectivity index (χ1v) is 9.02. The van der Waals surface area contributed by atoms with Gasteiger partial charge in [0.25, 0.3) is 5.91 Å². The molecule has 1 N–H and O–H groups in total. The summed E-state index contributed by atoms with van der Waals surface area (Å²) in [5.74, 6) is -0.918. The minimum atomic E-state index is -0.886. The summed E-state index contributed by atoms with van der Waals surface area (Å²) in [5, 5.41) is 5.90. The molecule has 1 aromatic carbocycles. The van der Waals surface area contributed by atoms with Crippen LogP contribution in [0.3, 0.4) is 0 Å². The van der Waals surface area contributed by atoms with Gasteiger partial charge in [-0.25, -0.2) is 4.98 Å². The molecule has 0 saturated heterocycles. The molecule has 5 nitrogen and oxygen atoms in total. The van der Waals surface area contributed by atoms with E-state index in [9.17, 15) is 9.59 Å². The lowest BCUT2D eigenvalue weighted by atomic mass is 10.2. The number of aromatic nitrogens is 1. The lowest BCUT2D eigenvalue weighted by Gasteiger charge is -2.12. The highest BCUT2D eigenvalue weighted by Crippen LogP contribution is 2.36. The van der Waals surface area contributed by atoms with Crippen molar-refractivity contribution < 1.29 is 14.3 Å². The Labute approximate surface area is 159 Å². The van der Waals surface area contributed by atoms with Crippen LogP contribution in [0.1, 0.15) is 12.6 Å². The standard InChI is InChI=1S/C17H16Cl2N2O3S/c1-3-7-20-16(23)10(2)24-14(22)8-11-9-25-17(21-11)15-12(18)5-4-6-13(15)19/h3-6,9-10H,1,7-8H2,2H3,(H,20,23)/t10-/m0/s1. The van der Waals surface area contributed by atoms with Crippen LogP contribution in [-0.2, 0) is 20.7 Å². The van der Waals surface area contributed by atoms with E-state index in [1.165, 1.54) is 18.3 Å². The summed E-state index contributed by atoms with van der Waals surface area (Å²) in [6, 6.07) is 5.20. The predicted molar refractivity (Wildman–Crippen MR) is 100 cm³/mol. The number of hydrogen-bond donors (Lipinski definition) is 1. The molecule has 1 atom stereocenters. The van der Waals surface area contributed by atoms with Gasteiger partial charge in [-0.1, -0.05) is 35.3 Å². The third-order valence-electron chi connectivity index (χ3n) is 3.15. The normalized spacial score (nSPS) is 11.6. The number of amides is 1. The summed E-state index contributed by atoms with van der Waals surface area (Å²) in [7, 11) is 0. The zero-order chi connectivity index (χ0) is 18.4. The molecule has 0 aliphatic carbocycles. The van der Waals surface area contributed by atoms with Crippen molar-refractivity contribution >= 4 is 46.4 Å². The molecule has 0 saturated carbocycles. The average Bonchev–Trinajstić information content (AvgIpc) is 3.00. The number of nitrogens with one attached hydrogen (secondary N) is 1. The molecule has 2 aromatic rings. The van der Waals surface area contributed by atoms with Crippen LogP contribution in [0.15, 0.2) is 36.2 Å². The van der Waals surface area contributed by atoms with Gasteiger partial charge in [-0.3, -0.25) is 9.59 Å². The number of rotatable bonds is 7. The van der Waals surface area contributed by atoms with Crippen LogP contribution in [0.5, 0.6) is 0 Å².